The summed E-state index contributed by atoms with van der Waals surface area (Å²) in [5.41, 5.74) is 1.63. The molecule has 0 amide bonds. The quantitative estimate of drug-likeness (QED) is 0.705. The topological polar surface area (TPSA) is 72.2 Å². The number of hydrogen-bond donors (Lipinski definition) is 2. The fourth-order valence-electron chi connectivity index (χ4n) is 1.49. The summed E-state index contributed by atoms with van der Waals surface area (Å²) in [6.45, 7) is 0.634. The van der Waals surface area contributed by atoms with E-state index < -0.39 is 10.0 Å². The van der Waals surface area contributed by atoms with Gasteiger partial charge in [-0.1, -0.05) is 12.1 Å². The highest BCUT2D eigenvalue weighted by Crippen LogP contribution is 2.22. The van der Waals surface area contributed by atoms with Crippen LogP contribution >= 0.6 is 0 Å². The van der Waals surface area contributed by atoms with Crippen molar-refractivity contribution in [1.82, 2.24) is 5.32 Å². The van der Waals surface area contributed by atoms with Crippen LogP contribution in [0.25, 0.3) is 6.08 Å². The van der Waals surface area contributed by atoms with Crippen LogP contribution in [0.2, 0.25) is 0 Å². The minimum Gasteiger partial charge on any atom is -0.387 e. The molecule has 5 heteroatoms. The standard InChI is InChI=1S/C9H10N2O2S/c10-14(12,13)9-3-1-2-7-6-11-5-4-8(7)9/h1-5,11H,6H2,(H2,10,12,13). The maximum atomic E-state index is 11.2. The van der Waals surface area contributed by atoms with Crippen molar-refractivity contribution in [3.05, 3.63) is 35.5 Å². The maximum Gasteiger partial charge on any atom is 0.238 e. The summed E-state index contributed by atoms with van der Waals surface area (Å²) in [4.78, 5) is 0.188. The molecule has 0 unspecified atom stereocenters. The van der Waals surface area contributed by atoms with Gasteiger partial charge in [0.25, 0.3) is 0 Å². The Bertz CT molecular complexity index is 492. The summed E-state index contributed by atoms with van der Waals surface area (Å²) in [6, 6.07) is 5.09. The average molecular weight is 210 g/mol. The number of hydrogen-bond acceptors (Lipinski definition) is 3. The van der Waals surface area contributed by atoms with Crippen LogP contribution < -0.4 is 10.5 Å². The molecule has 1 heterocycles. The molecule has 74 valence electrons. The third kappa shape index (κ3) is 1.51. The van der Waals surface area contributed by atoms with Crippen LogP contribution in [0.15, 0.2) is 29.3 Å². The molecule has 3 N–H and O–H groups in total. The molecule has 1 aromatic carbocycles. The number of nitrogens with two attached hydrogens (primary N) is 1. The molecular formula is C9H10N2O2S. The van der Waals surface area contributed by atoms with E-state index in [9.17, 15) is 8.42 Å². The van der Waals surface area contributed by atoms with E-state index in [0.29, 0.717) is 12.1 Å². The minimum atomic E-state index is -3.62. The monoisotopic (exact) mass is 210 g/mol. The van der Waals surface area contributed by atoms with Crippen molar-refractivity contribution in [3.8, 4) is 0 Å². The van der Waals surface area contributed by atoms with Gasteiger partial charge in [0.1, 0.15) is 0 Å². The van der Waals surface area contributed by atoms with Gasteiger partial charge in [0, 0.05) is 12.1 Å². The Balaban J connectivity index is 2.71. The van der Waals surface area contributed by atoms with Gasteiger partial charge in [-0.25, -0.2) is 13.6 Å². The SMILES string of the molecule is NS(=O)(=O)c1cccc2c1C=CNC2. The predicted molar refractivity (Wildman–Crippen MR) is 53.7 cm³/mol. The molecule has 4 nitrogen and oxygen atoms in total. The molecule has 0 spiro atoms. The molecule has 14 heavy (non-hydrogen) atoms. The maximum absolute atomic E-state index is 11.2. The zero-order valence-electron chi connectivity index (χ0n) is 7.40. The van der Waals surface area contributed by atoms with Crippen molar-refractivity contribution in [2.24, 2.45) is 5.14 Å². The molecule has 0 bridgehead atoms. The van der Waals surface area contributed by atoms with Gasteiger partial charge in [-0.2, -0.15) is 0 Å². The molecular weight excluding hydrogens is 200 g/mol. The molecule has 1 aliphatic heterocycles. The van der Waals surface area contributed by atoms with Gasteiger partial charge >= 0.3 is 0 Å². The first-order valence-corrected chi connectivity index (χ1v) is 5.68. The molecule has 0 fully saturated rings. The largest absolute Gasteiger partial charge is 0.387 e. The van der Waals surface area contributed by atoms with Gasteiger partial charge in [-0.15, -0.1) is 0 Å². The first kappa shape index (κ1) is 9.23. The Morgan fingerprint density at radius 1 is 1.36 bits per heavy atom. The molecule has 2 rings (SSSR count). The lowest BCUT2D eigenvalue weighted by Crippen LogP contribution is -2.17. The third-order valence-corrected chi connectivity index (χ3v) is 3.09. The predicted octanol–water partition coefficient (Wildman–Crippen LogP) is 0.408. The Labute approximate surface area is 82.5 Å². The highest BCUT2D eigenvalue weighted by atomic mass is 32.2. The van der Waals surface area contributed by atoms with Gasteiger partial charge in [-0.3, -0.25) is 0 Å². The zero-order valence-corrected chi connectivity index (χ0v) is 8.21. The molecule has 0 saturated carbocycles. The Kier molecular flexibility index (Phi) is 2.05. The fraction of sp³-hybridized carbons (Fsp3) is 0.111. The number of rotatable bonds is 1. The van der Waals surface area contributed by atoms with E-state index in [0.717, 1.165) is 5.56 Å². The number of fused-ring (bicyclic) bond motifs is 1. The number of primary sulfonamides is 1. The smallest absolute Gasteiger partial charge is 0.238 e. The van der Waals surface area contributed by atoms with Gasteiger partial charge < -0.3 is 5.32 Å². The molecule has 0 aliphatic carbocycles. The molecule has 0 radical (unpaired) electrons. The van der Waals surface area contributed by atoms with Gasteiger partial charge in [0.05, 0.1) is 4.90 Å². The van der Waals surface area contributed by atoms with E-state index in [4.69, 9.17) is 5.14 Å². The van der Waals surface area contributed by atoms with Crippen LogP contribution in [0.5, 0.6) is 0 Å². The Morgan fingerprint density at radius 2 is 2.14 bits per heavy atom. The van der Waals surface area contributed by atoms with Gasteiger partial charge in [-0.05, 0) is 23.9 Å². The van der Waals surface area contributed by atoms with Crippen molar-refractivity contribution in [1.29, 1.82) is 0 Å². The van der Waals surface area contributed by atoms with Crippen molar-refractivity contribution >= 4 is 16.1 Å². The average Bonchev–Trinajstić information content (AvgIpc) is 2.15. The second-order valence-electron chi connectivity index (χ2n) is 3.09. The molecule has 1 aliphatic rings. The van der Waals surface area contributed by atoms with Crippen LogP contribution in [0.1, 0.15) is 11.1 Å². The summed E-state index contributed by atoms with van der Waals surface area (Å²) in [5.74, 6) is 0. The van der Waals surface area contributed by atoms with E-state index >= 15 is 0 Å². The first-order chi connectivity index (χ1) is 6.59. The number of sulfonamides is 1. The van der Waals surface area contributed by atoms with Crippen molar-refractivity contribution in [2.45, 2.75) is 11.4 Å². The van der Waals surface area contributed by atoms with Crippen LogP contribution in [0.4, 0.5) is 0 Å². The normalized spacial score (nSPS) is 14.6. The summed E-state index contributed by atoms with van der Waals surface area (Å²) < 4.78 is 22.5. The molecule has 0 atom stereocenters. The first-order valence-electron chi connectivity index (χ1n) is 4.13. The van der Waals surface area contributed by atoms with Crippen molar-refractivity contribution in [2.75, 3.05) is 0 Å². The second kappa shape index (κ2) is 3.11. The lowest BCUT2D eigenvalue weighted by molar-refractivity contribution is 0.597. The molecule has 0 aromatic heterocycles. The summed E-state index contributed by atoms with van der Waals surface area (Å²) in [7, 11) is -3.62. The van der Waals surface area contributed by atoms with E-state index in [1.165, 1.54) is 6.07 Å². The molecule has 0 saturated heterocycles. The van der Waals surface area contributed by atoms with Crippen LogP contribution in [0, 0.1) is 0 Å². The second-order valence-corrected chi connectivity index (χ2v) is 4.62. The van der Waals surface area contributed by atoms with E-state index in [1.54, 1.807) is 18.3 Å². The number of benzene rings is 1. The summed E-state index contributed by atoms with van der Waals surface area (Å²) >= 11 is 0. The minimum absolute atomic E-state index is 0.188. The van der Waals surface area contributed by atoms with E-state index in [-0.39, 0.29) is 4.90 Å². The van der Waals surface area contributed by atoms with Crippen LogP contribution in [-0.4, -0.2) is 8.42 Å². The zero-order chi connectivity index (χ0) is 10.2. The van der Waals surface area contributed by atoms with Gasteiger partial charge in [0.15, 0.2) is 0 Å². The van der Waals surface area contributed by atoms with Crippen molar-refractivity contribution in [3.63, 3.8) is 0 Å². The lowest BCUT2D eigenvalue weighted by Gasteiger charge is -2.14. The Morgan fingerprint density at radius 3 is 2.86 bits per heavy atom. The highest BCUT2D eigenvalue weighted by molar-refractivity contribution is 7.89. The van der Waals surface area contributed by atoms with Crippen LogP contribution in [0.3, 0.4) is 0 Å². The number of nitrogens with one attached hydrogen (secondary N) is 1. The highest BCUT2D eigenvalue weighted by Gasteiger charge is 2.16. The van der Waals surface area contributed by atoms with E-state index in [1.807, 2.05) is 6.07 Å². The summed E-state index contributed by atoms with van der Waals surface area (Å²) in [5, 5.41) is 8.10. The van der Waals surface area contributed by atoms with Gasteiger partial charge in [0.2, 0.25) is 10.0 Å². The summed E-state index contributed by atoms with van der Waals surface area (Å²) in [6.07, 6.45) is 3.44. The Hall–Kier alpha value is -1.33. The van der Waals surface area contributed by atoms with E-state index in [2.05, 4.69) is 5.32 Å². The van der Waals surface area contributed by atoms with Crippen LogP contribution in [-0.2, 0) is 16.6 Å². The lowest BCUT2D eigenvalue weighted by atomic mass is 10.1. The fourth-order valence-corrected chi connectivity index (χ4v) is 2.27. The third-order valence-electron chi connectivity index (χ3n) is 2.12. The molecule has 1 aromatic rings. The van der Waals surface area contributed by atoms with Crippen molar-refractivity contribution < 1.29 is 8.42 Å².